The van der Waals surface area contributed by atoms with Crippen LogP contribution in [0.2, 0.25) is 0 Å². The van der Waals surface area contributed by atoms with E-state index in [1.165, 1.54) is 0 Å². The Bertz CT molecular complexity index is 500. The third kappa shape index (κ3) is 3.91. The van der Waals surface area contributed by atoms with Crippen LogP contribution in [0, 0.1) is 11.8 Å². The van der Waals surface area contributed by atoms with E-state index in [9.17, 15) is 16.8 Å². The summed E-state index contributed by atoms with van der Waals surface area (Å²) in [5, 5.41) is 2.50. The second kappa shape index (κ2) is 5.07. The van der Waals surface area contributed by atoms with E-state index in [0.717, 1.165) is 38.6 Å². The van der Waals surface area contributed by atoms with Crippen molar-refractivity contribution in [3.8, 4) is 0 Å². The number of rotatable bonds is 4. The molecule has 2 rings (SSSR count). The molecule has 106 valence electrons. The van der Waals surface area contributed by atoms with E-state index in [2.05, 4.69) is 10.0 Å². The molecule has 0 bridgehead atoms. The quantitative estimate of drug-likeness (QED) is 0.715. The van der Waals surface area contributed by atoms with Gasteiger partial charge in [-0.05, 0) is 44.2 Å². The first-order valence-corrected chi connectivity index (χ1v) is 9.85. The maximum Gasteiger partial charge on any atom is 0.226 e. The topological polar surface area (TPSA) is 92.3 Å². The summed E-state index contributed by atoms with van der Waals surface area (Å²) in [6.07, 6.45) is 3.54. The zero-order valence-corrected chi connectivity index (χ0v) is 12.1. The van der Waals surface area contributed by atoms with Gasteiger partial charge < -0.3 is 5.32 Å². The molecule has 2 aliphatic rings. The minimum Gasteiger partial charge on any atom is -0.316 e. The van der Waals surface area contributed by atoms with Gasteiger partial charge in [0.15, 0.2) is 14.9 Å². The Balaban J connectivity index is 1.94. The summed E-state index contributed by atoms with van der Waals surface area (Å²) in [6.45, 7) is 1.96. The molecule has 2 N–H and O–H groups in total. The molecule has 0 aromatic heterocycles. The van der Waals surface area contributed by atoms with Crippen LogP contribution in [0.3, 0.4) is 0 Å². The molecule has 0 radical (unpaired) electrons. The zero-order valence-electron chi connectivity index (χ0n) is 10.4. The van der Waals surface area contributed by atoms with Crippen LogP contribution in [-0.4, -0.2) is 47.3 Å². The molecule has 2 fully saturated rings. The molecule has 1 aliphatic heterocycles. The molecule has 0 aromatic carbocycles. The van der Waals surface area contributed by atoms with Crippen molar-refractivity contribution in [3.63, 3.8) is 0 Å². The highest BCUT2D eigenvalue weighted by Gasteiger charge is 2.35. The molecule has 1 saturated carbocycles. The van der Waals surface area contributed by atoms with Crippen molar-refractivity contribution < 1.29 is 16.8 Å². The van der Waals surface area contributed by atoms with Crippen molar-refractivity contribution in [1.29, 1.82) is 0 Å². The monoisotopic (exact) mass is 296 g/mol. The Morgan fingerprint density at radius 3 is 2.44 bits per heavy atom. The standard InChI is InChI=1S/C10H20N2O4S2/c1-17(13,14)7-18(15,16)12-10-3-2-8-5-11-6-9(8)4-10/h8-12H,2-7H2,1H3/t8-,9+,10?/m0/s1. The minimum atomic E-state index is -3.73. The fraction of sp³-hybridized carbons (Fsp3) is 1.00. The fourth-order valence-corrected chi connectivity index (χ4v) is 6.23. The Hall–Kier alpha value is -0.180. The van der Waals surface area contributed by atoms with Crippen LogP contribution >= 0.6 is 0 Å². The van der Waals surface area contributed by atoms with Crippen molar-refractivity contribution in [2.45, 2.75) is 25.3 Å². The van der Waals surface area contributed by atoms with Crippen LogP contribution in [0.15, 0.2) is 0 Å². The van der Waals surface area contributed by atoms with Crippen molar-refractivity contribution in [1.82, 2.24) is 10.0 Å². The van der Waals surface area contributed by atoms with Crippen LogP contribution in [-0.2, 0) is 19.9 Å². The average molecular weight is 296 g/mol. The maximum atomic E-state index is 11.7. The first-order chi connectivity index (χ1) is 8.25. The highest BCUT2D eigenvalue weighted by molar-refractivity contribution is 8.06. The van der Waals surface area contributed by atoms with Gasteiger partial charge >= 0.3 is 0 Å². The summed E-state index contributed by atoms with van der Waals surface area (Å²) in [5.41, 5.74) is 0. The van der Waals surface area contributed by atoms with E-state index < -0.39 is 24.9 Å². The second-order valence-electron chi connectivity index (χ2n) is 5.46. The smallest absolute Gasteiger partial charge is 0.226 e. The van der Waals surface area contributed by atoms with Crippen LogP contribution in [0.4, 0.5) is 0 Å². The van der Waals surface area contributed by atoms with Gasteiger partial charge in [0.2, 0.25) is 10.0 Å². The van der Waals surface area contributed by atoms with Crippen LogP contribution in [0.1, 0.15) is 19.3 Å². The average Bonchev–Trinajstić information content (AvgIpc) is 2.59. The lowest BCUT2D eigenvalue weighted by atomic mass is 9.79. The van der Waals surface area contributed by atoms with E-state index in [4.69, 9.17) is 0 Å². The van der Waals surface area contributed by atoms with Gasteiger partial charge in [0, 0.05) is 12.3 Å². The molecule has 0 spiro atoms. The summed E-state index contributed by atoms with van der Waals surface area (Å²) in [5.74, 6) is 1.17. The largest absolute Gasteiger partial charge is 0.316 e. The highest BCUT2D eigenvalue weighted by atomic mass is 32.3. The predicted molar refractivity (Wildman–Crippen MR) is 69.3 cm³/mol. The molecule has 1 heterocycles. The number of sulfone groups is 1. The molecule has 1 aliphatic carbocycles. The summed E-state index contributed by atoms with van der Waals surface area (Å²) >= 11 is 0. The number of hydrogen-bond donors (Lipinski definition) is 2. The number of fused-ring (bicyclic) bond motifs is 1. The molecular weight excluding hydrogens is 276 g/mol. The molecule has 0 amide bonds. The number of hydrogen-bond acceptors (Lipinski definition) is 5. The van der Waals surface area contributed by atoms with Crippen LogP contribution in [0.25, 0.3) is 0 Å². The minimum absolute atomic E-state index is 0.113. The van der Waals surface area contributed by atoms with Gasteiger partial charge in [0.25, 0.3) is 0 Å². The van der Waals surface area contributed by atoms with E-state index in [0.29, 0.717) is 11.8 Å². The zero-order chi connectivity index (χ0) is 13.4. The van der Waals surface area contributed by atoms with Gasteiger partial charge in [-0.15, -0.1) is 0 Å². The van der Waals surface area contributed by atoms with E-state index >= 15 is 0 Å². The van der Waals surface area contributed by atoms with Gasteiger partial charge in [-0.2, -0.15) is 0 Å². The van der Waals surface area contributed by atoms with E-state index in [-0.39, 0.29) is 6.04 Å². The van der Waals surface area contributed by atoms with Gasteiger partial charge in [-0.25, -0.2) is 21.6 Å². The summed E-state index contributed by atoms with van der Waals surface area (Å²) < 4.78 is 48.0. The molecular formula is C10H20N2O4S2. The van der Waals surface area contributed by atoms with Crippen molar-refractivity contribution in [2.75, 3.05) is 24.4 Å². The first kappa shape index (κ1) is 14.2. The van der Waals surface area contributed by atoms with Crippen LogP contribution in [0.5, 0.6) is 0 Å². The normalized spacial score (nSPS) is 33.3. The third-order valence-corrected chi connectivity index (χ3v) is 7.31. The molecule has 0 aromatic rings. The van der Waals surface area contributed by atoms with E-state index in [1.807, 2.05) is 0 Å². The molecule has 18 heavy (non-hydrogen) atoms. The van der Waals surface area contributed by atoms with E-state index in [1.54, 1.807) is 0 Å². The number of sulfonamides is 1. The lowest BCUT2D eigenvalue weighted by molar-refractivity contribution is 0.260. The molecule has 6 nitrogen and oxygen atoms in total. The Kier molecular flexibility index (Phi) is 4.01. The molecule has 1 saturated heterocycles. The summed E-state index contributed by atoms with van der Waals surface area (Å²) in [4.78, 5) is 0. The third-order valence-electron chi connectivity index (χ3n) is 3.67. The first-order valence-electron chi connectivity index (χ1n) is 6.13. The van der Waals surface area contributed by atoms with Crippen molar-refractivity contribution in [3.05, 3.63) is 0 Å². The summed E-state index contributed by atoms with van der Waals surface area (Å²) in [7, 11) is -7.24. The van der Waals surface area contributed by atoms with Crippen LogP contribution < -0.4 is 10.0 Å². The van der Waals surface area contributed by atoms with Gasteiger partial charge in [0.05, 0.1) is 0 Å². The van der Waals surface area contributed by atoms with Crippen molar-refractivity contribution in [2.24, 2.45) is 11.8 Å². The lowest BCUT2D eigenvalue weighted by Crippen LogP contribution is -2.42. The van der Waals surface area contributed by atoms with Crippen molar-refractivity contribution >= 4 is 19.9 Å². The molecule has 1 unspecified atom stereocenters. The SMILES string of the molecule is CS(=O)(=O)CS(=O)(=O)NC1CC[C@H]2CNC[C@H]2C1. The highest BCUT2D eigenvalue weighted by Crippen LogP contribution is 2.32. The van der Waals surface area contributed by atoms with Gasteiger partial charge in [-0.3, -0.25) is 0 Å². The Morgan fingerprint density at radius 1 is 1.11 bits per heavy atom. The fourth-order valence-electron chi connectivity index (χ4n) is 2.98. The summed E-state index contributed by atoms with van der Waals surface area (Å²) in [6, 6.07) is -0.113. The Morgan fingerprint density at radius 2 is 1.78 bits per heavy atom. The Labute approximate surface area is 108 Å². The predicted octanol–water partition coefficient (Wildman–Crippen LogP) is -0.704. The van der Waals surface area contributed by atoms with Gasteiger partial charge in [0.1, 0.15) is 0 Å². The second-order valence-corrected chi connectivity index (χ2v) is 9.72. The van der Waals surface area contributed by atoms with Gasteiger partial charge in [-0.1, -0.05) is 0 Å². The number of nitrogens with one attached hydrogen (secondary N) is 2. The molecule has 3 atom stereocenters. The lowest BCUT2D eigenvalue weighted by Gasteiger charge is -2.31. The maximum absolute atomic E-state index is 11.7. The molecule has 8 heteroatoms.